The molecule has 0 radical (unpaired) electrons. The maximum absolute atomic E-state index is 4.33. The van der Waals surface area contributed by atoms with E-state index in [-0.39, 0.29) is 0 Å². The van der Waals surface area contributed by atoms with Crippen molar-refractivity contribution >= 4 is 11.4 Å². The van der Waals surface area contributed by atoms with Crippen LogP contribution in [0.3, 0.4) is 0 Å². The van der Waals surface area contributed by atoms with Crippen molar-refractivity contribution in [3.8, 4) is 0 Å². The molecule has 0 fully saturated rings. The fourth-order valence-electron chi connectivity index (χ4n) is 1.31. The summed E-state index contributed by atoms with van der Waals surface area (Å²) >= 11 is 0. The SMILES string of the molecule is CCCC(CC)=NN=C(CC)CCC. The van der Waals surface area contributed by atoms with Gasteiger partial charge in [-0.15, -0.1) is 0 Å². The average molecular weight is 196 g/mol. The number of rotatable bonds is 7. The highest BCUT2D eigenvalue weighted by atomic mass is 15.2. The van der Waals surface area contributed by atoms with Gasteiger partial charge in [0.2, 0.25) is 0 Å². The van der Waals surface area contributed by atoms with Gasteiger partial charge in [-0.05, 0) is 25.7 Å². The first-order valence-electron chi connectivity index (χ1n) is 5.89. The van der Waals surface area contributed by atoms with Crippen LogP contribution >= 0.6 is 0 Å². The zero-order valence-corrected chi connectivity index (χ0v) is 10.1. The molecule has 0 rings (SSSR count). The van der Waals surface area contributed by atoms with Gasteiger partial charge >= 0.3 is 0 Å². The minimum absolute atomic E-state index is 1.03. The molecule has 82 valence electrons. The lowest BCUT2D eigenvalue weighted by Crippen LogP contribution is -1.98. The van der Waals surface area contributed by atoms with Crippen LogP contribution in [0.15, 0.2) is 10.2 Å². The normalized spacial score (nSPS) is 13.4. The molecule has 0 heterocycles. The molecule has 0 aliphatic carbocycles. The van der Waals surface area contributed by atoms with Crippen molar-refractivity contribution in [3.63, 3.8) is 0 Å². The van der Waals surface area contributed by atoms with Gasteiger partial charge in [0.1, 0.15) is 0 Å². The van der Waals surface area contributed by atoms with Gasteiger partial charge in [0.05, 0.1) is 0 Å². The summed E-state index contributed by atoms with van der Waals surface area (Å²) in [5, 5.41) is 8.65. The summed E-state index contributed by atoms with van der Waals surface area (Å²) in [7, 11) is 0. The number of nitrogens with zero attached hydrogens (tertiary/aromatic N) is 2. The minimum Gasteiger partial charge on any atom is -0.160 e. The van der Waals surface area contributed by atoms with Crippen LogP contribution in [0.1, 0.15) is 66.2 Å². The Kier molecular flexibility index (Phi) is 8.50. The summed E-state index contributed by atoms with van der Waals surface area (Å²) in [6, 6.07) is 0. The fourth-order valence-corrected chi connectivity index (χ4v) is 1.31. The van der Waals surface area contributed by atoms with Crippen LogP contribution in [0.2, 0.25) is 0 Å². The van der Waals surface area contributed by atoms with Crippen molar-refractivity contribution in [1.29, 1.82) is 0 Å². The van der Waals surface area contributed by atoms with Crippen LogP contribution in [-0.4, -0.2) is 11.4 Å². The molecule has 0 saturated carbocycles. The zero-order valence-electron chi connectivity index (χ0n) is 10.1. The van der Waals surface area contributed by atoms with Gasteiger partial charge in [0.25, 0.3) is 0 Å². The first kappa shape index (κ1) is 13.3. The molecule has 2 heteroatoms. The lowest BCUT2D eigenvalue weighted by atomic mass is 10.2. The highest BCUT2D eigenvalue weighted by Gasteiger charge is 1.96. The van der Waals surface area contributed by atoms with Crippen molar-refractivity contribution in [2.75, 3.05) is 0 Å². The van der Waals surface area contributed by atoms with Crippen LogP contribution < -0.4 is 0 Å². The van der Waals surface area contributed by atoms with E-state index in [1.165, 1.54) is 11.4 Å². The molecule has 14 heavy (non-hydrogen) atoms. The van der Waals surface area contributed by atoms with Crippen molar-refractivity contribution < 1.29 is 0 Å². The summed E-state index contributed by atoms with van der Waals surface area (Å²) in [6.45, 7) is 8.66. The Hall–Kier alpha value is -0.660. The van der Waals surface area contributed by atoms with Crippen LogP contribution in [-0.2, 0) is 0 Å². The van der Waals surface area contributed by atoms with E-state index in [0.29, 0.717) is 0 Å². The second-order valence-corrected chi connectivity index (χ2v) is 3.54. The largest absolute Gasteiger partial charge is 0.160 e. The molecular formula is C12H24N2. The predicted molar refractivity (Wildman–Crippen MR) is 65.3 cm³/mol. The standard InChI is InChI=1S/C12H24N2/c1-5-9-11(7-3)13-14-12(8-4)10-6-2/h5-10H2,1-4H3. The molecule has 0 spiro atoms. The van der Waals surface area contributed by atoms with E-state index in [4.69, 9.17) is 0 Å². The van der Waals surface area contributed by atoms with E-state index < -0.39 is 0 Å². The molecule has 0 aliphatic heterocycles. The van der Waals surface area contributed by atoms with Crippen LogP contribution in [0.4, 0.5) is 0 Å². The first-order valence-corrected chi connectivity index (χ1v) is 5.89. The summed E-state index contributed by atoms with van der Waals surface area (Å²) < 4.78 is 0. The summed E-state index contributed by atoms with van der Waals surface area (Å²) in [4.78, 5) is 0. The molecule has 0 N–H and O–H groups in total. The molecule has 2 nitrogen and oxygen atoms in total. The fraction of sp³-hybridized carbons (Fsp3) is 0.833. The van der Waals surface area contributed by atoms with E-state index >= 15 is 0 Å². The smallest absolute Gasteiger partial charge is 0.0403 e. The molecule has 0 atom stereocenters. The Balaban J connectivity index is 4.28. The van der Waals surface area contributed by atoms with Gasteiger partial charge in [-0.1, -0.05) is 40.5 Å². The highest BCUT2D eigenvalue weighted by molar-refractivity contribution is 5.87. The van der Waals surface area contributed by atoms with Gasteiger partial charge in [-0.2, -0.15) is 10.2 Å². The zero-order chi connectivity index (χ0) is 10.8. The van der Waals surface area contributed by atoms with Crippen LogP contribution in [0.5, 0.6) is 0 Å². The molecule has 0 bridgehead atoms. The van der Waals surface area contributed by atoms with Gasteiger partial charge < -0.3 is 0 Å². The van der Waals surface area contributed by atoms with Crippen molar-refractivity contribution in [2.24, 2.45) is 10.2 Å². The Bertz CT molecular complexity index is 170. The second kappa shape index (κ2) is 8.92. The lowest BCUT2D eigenvalue weighted by Gasteiger charge is -2.00. The third-order valence-corrected chi connectivity index (χ3v) is 2.23. The Morgan fingerprint density at radius 3 is 1.29 bits per heavy atom. The maximum Gasteiger partial charge on any atom is 0.0403 e. The average Bonchev–Trinajstić information content (AvgIpc) is 2.22. The third kappa shape index (κ3) is 5.90. The Labute approximate surface area is 88.5 Å². The van der Waals surface area contributed by atoms with Crippen molar-refractivity contribution in [2.45, 2.75) is 66.2 Å². The number of hydrogen-bond acceptors (Lipinski definition) is 2. The number of hydrogen-bond donors (Lipinski definition) is 0. The van der Waals surface area contributed by atoms with Crippen LogP contribution in [0.25, 0.3) is 0 Å². The highest BCUT2D eigenvalue weighted by Crippen LogP contribution is 2.01. The van der Waals surface area contributed by atoms with Gasteiger partial charge in [-0.25, -0.2) is 0 Å². The van der Waals surface area contributed by atoms with E-state index in [1.807, 2.05) is 0 Å². The monoisotopic (exact) mass is 196 g/mol. The Morgan fingerprint density at radius 1 is 0.714 bits per heavy atom. The van der Waals surface area contributed by atoms with Crippen LogP contribution in [0, 0.1) is 0 Å². The lowest BCUT2D eigenvalue weighted by molar-refractivity contribution is 0.933. The van der Waals surface area contributed by atoms with E-state index in [1.54, 1.807) is 0 Å². The quantitative estimate of drug-likeness (QED) is 0.430. The van der Waals surface area contributed by atoms with Crippen molar-refractivity contribution in [1.82, 2.24) is 0 Å². The molecule has 0 aliphatic rings. The topological polar surface area (TPSA) is 24.7 Å². The molecule has 0 saturated heterocycles. The predicted octanol–water partition coefficient (Wildman–Crippen LogP) is 4.20. The second-order valence-electron chi connectivity index (χ2n) is 3.54. The maximum atomic E-state index is 4.33. The third-order valence-electron chi connectivity index (χ3n) is 2.23. The van der Waals surface area contributed by atoms with Gasteiger partial charge in [0, 0.05) is 11.4 Å². The molecule has 0 aromatic heterocycles. The summed E-state index contributed by atoms with van der Waals surface area (Å²) in [5.41, 5.74) is 2.46. The van der Waals surface area contributed by atoms with Gasteiger partial charge in [-0.3, -0.25) is 0 Å². The molecule has 0 amide bonds. The summed E-state index contributed by atoms with van der Waals surface area (Å²) in [6.07, 6.45) is 6.56. The van der Waals surface area contributed by atoms with Crippen molar-refractivity contribution in [3.05, 3.63) is 0 Å². The van der Waals surface area contributed by atoms with E-state index in [2.05, 4.69) is 37.9 Å². The van der Waals surface area contributed by atoms with E-state index in [0.717, 1.165) is 38.5 Å². The summed E-state index contributed by atoms with van der Waals surface area (Å²) in [5.74, 6) is 0. The van der Waals surface area contributed by atoms with E-state index in [9.17, 15) is 0 Å². The first-order chi connectivity index (χ1) is 6.78. The molecular weight excluding hydrogens is 172 g/mol. The minimum atomic E-state index is 1.03. The Morgan fingerprint density at radius 2 is 1.07 bits per heavy atom. The van der Waals surface area contributed by atoms with Gasteiger partial charge in [0.15, 0.2) is 0 Å². The molecule has 0 aromatic carbocycles. The molecule has 0 aromatic rings. The molecule has 0 unspecified atom stereocenters.